The number of amides is 1. The number of H-pyrrole nitrogens is 1. The summed E-state index contributed by atoms with van der Waals surface area (Å²) in [5.74, 6) is -0.519. The first-order valence-corrected chi connectivity index (χ1v) is 8.14. The molecule has 1 saturated heterocycles. The Balaban J connectivity index is 1.70. The smallest absolute Gasteiger partial charge is 0.262 e. The summed E-state index contributed by atoms with van der Waals surface area (Å²) in [6, 6.07) is 9.08. The highest BCUT2D eigenvalue weighted by atomic mass is 35.5. The van der Waals surface area contributed by atoms with Gasteiger partial charge in [-0.1, -0.05) is 11.6 Å². The van der Waals surface area contributed by atoms with Gasteiger partial charge in [0.15, 0.2) is 0 Å². The van der Waals surface area contributed by atoms with Gasteiger partial charge in [-0.05, 0) is 37.4 Å². The number of likely N-dealkylation sites (N-methyl/N-ethyl adjacent to an activating group) is 1. The lowest BCUT2D eigenvalue weighted by molar-refractivity contribution is 0.102. The van der Waals surface area contributed by atoms with Gasteiger partial charge in [0.1, 0.15) is 5.56 Å². The van der Waals surface area contributed by atoms with Crippen LogP contribution in [0.4, 0.5) is 11.4 Å². The van der Waals surface area contributed by atoms with E-state index in [2.05, 4.69) is 27.1 Å². The molecule has 2 N–H and O–H groups in total. The van der Waals surface area contributed by atoms with Crippen molar-refractivity contribution in [3.63, 3.8) is 0 Å². The number of carbonyl (C=O) groups is 1. The monoisotopic (exact) mass is 346 g/mol. The average molecular weight is 347 g/mol. The Morgan fingerprint density at radius 1 is 1.12 bits per heavy atom. The number of piperazine rings is 1. The van der Waals surface area contributed by atoms with Gasteiger partial charge >= 0.3 is 0 Å². The predicted molar refractivity (Wildman–Crippen MR) is 96.2 cm³/mol. The first-order valence-electron chi connectivity index (χ1n) is 7.77. The van der Waals surface area contributed by atoms with Crippen molar-refractivity contribution in [3.05, 3.63) is 57.5 Å². The third kappa shape index (κ3) is 3.60. The molecule has 1 fully saturated rings. The van der Waals surface area contributed by atoms with Crippen molar-refractivity contribution in [2.45, 2.75) is 0 Å². The molecule has 1 amide bonds. The molecule has 0 atom stereocenters. The highest BCUT2D eigenvalue weighted by Crippen LogP contribution is 2.20. The minimum atomic E-state index is -0.519. The van der Waals surface area contributed by atoms with Gasteiger partial charge < -0.3 is 20.1 Å². The first-order chi connectivity index (χ1) is 11.5. The number of carbonyl (C=O) groups excluding carboxylic acids is 1. The molecular formula is C17H19ClN4O2. The molecule has 0 spiro atoms. The molecule has 1 aliphatic heterocycles. The number of nitrogens with zero attached hydrogens (tertiary/aromatic N) is 2. The van der Waals surface area contributed by atoms with Gasteiger partial charge in [0.2, 0.25) is 0 Å². The van der Waals surface area contributed by atoms with E-state index in [1.54, 1.807) is 0 Å². The van der Waals surface area contributed by atoms with E-state index in [0.29, 0.717) is 5.69 Å². The van der Waals surface area contributed by atoms with Gasteiger partial charge in [-0.25, -0.2) is 0 Å². The van der Waals surface area contributed by atoms with Gasteiger partial charge in [-0.15, -0.1) is 0 Å². The SMILES string of the molecule is CN1CCN(c2ccc(NC(=O)c3c(Cl)cc[nH]c3=O)cc2)CC1. The molecule has 1 aromatic heterocycles. The summed E-state index contributed by atoms with van der Waals surface area (Å²) in [5, 5.41) is 2.84. The Hall–Kier alpha value is -2.31. The molecule has 6 nitrogen and oxygen atoms in total. The lowest BCUT2D eigenvalue weighted by atomic mass is 10.2. The fourth-order valence-corrected chi connectivity index (χ4v) is 2.91. The van der Waals surface area contributed by atoms with Crippen LogP contribution in [-0.4, -0.2) is 49.0 Å². The number of benzene rings is 1. The zero-order valence-corrected chi connectivity index (χ0v) is 14.1. The average Bonchev–Trinajstić information content (AvgIpc) is 2.56. The summed E-state index contributed by atoms with van der Waals surface area (Å²) in [5.41, 5.74) is 1.16. The Bertz CT molecular complexity index is 780. The molecular weight excluding hydrogens is 328 g/mol. The minimum absolute atomic E-state index is 0.0812. The second-order valence-corrected chi connectivity index (χ2v) is 6.23. The maximum Gasteiger partial charge on any atom is 0.262 e. The summed E-state index contributed by atoms with van der Waals surface area (Å²) in [4.78, 5) is 31.1. The molecule has 24 heavy (non-hydrogen) atoms. The van der Waals surface area contributed by atoms with Crippen LogP contribution in [0.2, 0.25) is 5.02 Å². The maximum absolute atomic E-state index is 12.2. The number of nitrogens with one attached hydrogen (secondary N) is 2. The van der Waals surface area contributed by atoms with Gasteiger partial charge in [0.05, 0.1) is 5.02 Å². The number of anilines is 2. The first kappa shape index (κ1) is 16.5. The molecule has 1 aliphatic rings. The van der Waals surface area contributed by atoms with Crippen LogP contribution in [0, 0.1) is 0 Å². The van der Waals surface area contributed by atoms with Crippen LogP contribution in [0.3, 0.4) is 0 Å². The van der Waals surface area contributed by atoms with Crippen molar-refractivity contribution >= 4 is 28.9 Å². The molecule has 3 rings (SSSR count). The quantitative estimate of drug-likeness (QED) is 0.892. The van der Waals surface area contributed by atoms with Crippen molar-refractivity contribution in [1.82, 2.24) is 9.88 Å². The fourth-order valence-electron chi connectivity index (χ4n) is 2.68. The molecule has 0 bridgehead atoms. The topological polar surface area (TPSA) is 68.4 Å². The van der Waals surface area contributed by atoms with E-state index in [1.165, 1.54) is 12.3 Å². The molecule has 0 radical (unpaired) electrons. The van der Waals surface area contributed by atoms with Crippen LogP contribution in [0.1, 0.15) is 10.4 Å². The van der Waals surface area contributed by atoms with Gasteiger partial charge in [0.25, 0.3) is 11.5 Å². The third-order valence-electron chi connectivity index (χ3n) is 4.13. The molecule has 126 valence electrons. The fraction of sp³-hybridized carbons (Fsp3) is 0.294. The van der Waals surface area contributed by atoms with Crippen molar-refractivity contribution in [2.24, 2.45) is 0 Å². The maximum atomic E-state index is 12.2. The van der Waals surface area contributed by atoms with Gasteiger partial charge in [0, 0.05) is 43.8 Å². The zero-order valence-electron chi connectivity index (χ0n) is 13.4. The van der Waals surface area contributed by atoms with E-state index in [4.69, 9.17) is 11.6 Å². The number of aromatic nitrogens is 1. The largest absolute Gasteiger partial charge is 0.369 e. The van der Waals surface area contributed by atoms with E-state index in [9.17, 15) is 9.59 Å². The lowest BCUT2D eigenvalue weighted by Gasteiger charge is -2.34. The van der Waals surface area contributed by atoms with Crippen molar-refractivity contribution in [2.75, 3.05) is 43.4 Å². The van der Waals surface area contributed by atoms with E-state index in [0.717, 1.165) is 31.9 Å². The predicted octanol–water partition coefficient (Wildman–Crippen LogP) is 2.03. The highest BCUT2D eigenvalue weighted by Gasteiger charge is 2.16. The third-order valence-corrected chi connectivity index (χ3v) is 4.45. The van der Waals surface area contributed by atoms with Crippen molar-refractivity contribution < 1.29 is 4.79 Å². The summed E-state index contributed by atoms with van der Waals surface area (Å²) >= 11 is 5.94. The van der Waals surface area contributed by atoms with E-state index < -0.39 is 11.5 Å². The van der Waals surface area contributed by atoms with Crippen molar-refractivity contribution in [3.8, 4) is 0 Å². The molecule has 7 heteroatoms. The summed E-state index contributed by atoms with van der Waals surface area (Å²) in [7, 11) is 2.12. The van der Waals surface area contributed by atoms with E-state index in [1.807, 2.05) is 24.3 Å². The minimum Gasteiger partial charge on any atom is -0.369 e. The van der Waals surface area contributed by atoms with Crippen LogP contribution in [-0.2, 0) is 0 Å². The Morgan fingerprint density at radius 2 is 1.79 bits per heavy atom. The van der Waals surface area contributed by atoms with Crippen LogP contribution in [0.15, 0.2) is 41.3 Å². The number of rotatable bonds is 3. The molecule has 0 unspecified atom stereocenters. The van der Waals surface area contributed by atoms with Crippen molar-refractivity contribution in [1.29, 1.82) is 0 Å². The molecule has 1 aromatic carbocycles. The van der Waals surface area contributed by atoms with Crippen LogP contribution >= 0.6 is 11.6 Å². The summed E-state index contributed by atoms with van der Waals surface area (Å²) in [6.45, 7) is 4.04. The van der Waals surface area contributed by atoms with Crippen LogP contribution in [0.25, 0.3) is 0 Å². The molecule has 0 aliphatic carbocycles. The normalized spacial score (nSPS) is 15.3. The number of halogens is 1. The standard InChI is InChI=1S/C17H19ClN4O2/c1-21-8-10-22(11-9-21)13-4-2-12(3-5-13)20-17(24)15-14(18)6-7-19-16(15)23/h2-7H,8-11H2,1H3,(H,19,23)(H,20,24). The molecule has 2 aromatic rings. The Morgan fingerprint density at radius 3 is 2.42 bits per heavy atom. The molecule has 2 heterocycles. The summed E-state index contributed by atoms with van der Waals surface area (Å²) < 4.78 is 0. The van der Waals surface area contributed by atoms with Crippen LogP contribution in [0.5, 0.6) is 0 Å². The number of hydrogen-bond donors (Lipinski definition) is 2. The summed E-state index contributed by atoms with van der Waals surface area (Å²) in [6.07, 6.45) is 1.41. The Kier molecular flexibility index (Phi) is 4.87. The second-order valence-electron chi connectivity index (χ2n) is 5.82. The van der Waals surface area contributed by atoms with E-state index >= 15 is 0 Å². The lowest BCUT2D eigenvalue weighted by Crippen LogP contribution is -2.44. The molecule has 0 saturated carbocycles. The Labute approximate surface area is 145 Å². The highest BCUT2D eigenvalue weighted by molar-refractivity contribution is 6.34. The zero-order chi connectivity index (χ0) is 17.1. The van der Waals surface area contributed by atoms with Gasteiger partial charge in [-0.3, -0.25) is 9.59 Å². The van der Waals surface area contributed by atoms with E-state index in [-0.39, 0.29) is 10.6 Å². The van der Waals surface area contributed by atoms with Gasteiger partial charge in [-0.2, -0.15) is 0 Å². The number of hydrogen-bond acceptors (Lipinski definition) is 4. The number of aromatic amines is 1. The second kappa shape index (κ2) is 7.07. The van der Waals surface area contributed by atoms with Crippen LogP contribution < -0.4 is 15.8 Å². The number of pyridine rings is 1.